The molecule has 0 aliphatic heterocycles. The molecule has 28 heavy (non-hydrogen) atoms. The lowest BCUT2D eigenvalue weighted by molar-refractivity contribution is -0.121. The minimum absolute atomic E-state index is 0.144. The van der Waals surface area contributed by atoms with E-state index in [0.29, 0.717) is 5.75 Å². The highest BCUT2D eigenvalue weighted by Gasteiger charge is 2.11. The average Bonchev–Trinajstić information content (AvgIpc) is 2.63. The molecule has 4 nitrogen and oxygen atoms in total. The van der Waals surface area contributed by atoms with Gasteiger partial charge in [0, 0.05) is 10.2 Å². The normalized spacial score (nSPS) is 10.6. The number of rotatable bonds is 4. The van der Waals surface area contributed by atoms with E-state index in [1.807, 2.05) is 62.4 Å². The van der Waals surface area contributed by atoms with Gasteiger partial charge in [-0.1, -0.05) is 45.8 Å². The summed E-state index contributed by atoms with van der Waals surface area (Å²) in [5.41, 5.74) is 3.08. The zero-order valence-electron chi connectivity index (χ0n) is 15.3. The second-order valence-corrected chi connectivity index (χ2v) is 8.47. The minimum Gasteiger partial charge on any atom is -0.483 e. The van der Waals surface area contributed by atoms with Crippen molar-refractivity contribution in [3.8, 4) is 5.75 Å². The molecular weight excluding hydrogens is 504 g/mol. The minimum atomic E-state index is -0.329. The largest absolute Gasteiger partial charge is 0.483 e. The van der Waals surface area contributed by atoms with Crippen molar-refractivity contribution in [2.75, 3.05) is 11.9 Å². The van der Waals surface area contributed by atoms with Crippen LogP contribution >= 0.6 is 44.1 Å². The van der Waals surface area contributed by atoms with Gasteiger partial charge in [-0.15, -0.1) is 0 Å². The van der Waals surface area contributed by atoms with Gasteiger partial charge in [0.05, 0.1) is 4.47 Å². The van der Waals surface area contributed by atoms with Crippen molar-refractivity contribution in [3.63, 3.8) is 0 Å². The number of thiocarbonyl (C=S) groups is 1. The molecule has 0 saturated carbocycles. The number of halogens is 2. The van der Waals surface area contributed by atoms with Gasteiger partial charge >= 0.3 is 0 Å². The van der Waals surface area contributed by atoms with Crippen molar-refractivity contribution in [1.29, 1.82) is 0 Å². The van der Waals surface area contributed by atoms with E-state index in [1.165, 1.54) is 5.56 Å². The van der Waals surface area contributed by atoms with Crippen molar-refractivity contribution < 1.29 is 9.53 Å². The van der Waals surface area contributed by atoms with Crippen LogP contribution in [-0.4, -0.2) is 17.6 Å². The van der Waals surface area contributed by atoms with E-state index in [2.05, 4.69) is 42.5 Å². The highest BCUT2D eigenvalue weighted by atomic mass is 79.9. The Kier molecular flexibility index (Phi) is 6.69. The summed E-state index contributed by atoms with van der Waals surface area (Å²) in [7, 11) is 0. The summed E-state index contributed by atoms with van der Waals surface area (Å²) in [4.78, 5) is 12.2. The summed E-state index contributed by atoms with van der Waals surface area (Å²) >= 11 is 12.2. The number of hydrogen-bond acceptors (Lipinski definition) is 3. The van der Waals surface area contributed by atoms with Crippen LogP contribution in [0.25, 0.3) is 10.8 Å². The van der Waals surface area contributed by atoms with E-state index in [0.717, 1.165) is 31.0 Å². The first-order valence-corrected chi connectivity index (χ1v) is 10.5. The Balaban J connectivity index is 1.59. The van der Waals surface area contributed by atoms with Gasteiger partial charge in [0.15, 0.2) is 11.7 Å². The second-order valence-electron chi connectivity index (χ2n) is 6.35. The number of carbonyl (C=O) groups is 1. The number of carbonyl (C=O) groups excluding carboxylic acids is 1. The third-order valence-electron chi connectivity index (χ3n) is 4.12. The Hall–Kier alpha value is -1.96. The van der Waals surface area contributed by atoms with Gasteiger partial charge in [0.25, 0.3) is 5.91 Å². The molecule has 0 unspecified atom stereocenters. The fraction of sp³-hybridized carbons (Fsp3) is 0.143. The maximum Gasteiger partial charge on any atom is 0.264 e. The number of anilines is 1. The quantitative estimate of drug-likeness (QED) is 0.421. The first kappa shape index (κ1) is 20.8. The van der Waals surface area contributed by atoms with Crippen LogP contribution in [0, 0.1) is 13.8 Å². The number of nitrogens with one attached hydrogen (secondary N) is 2. The van der Waals surface area contributed by atoms with Crippen molar-refractivity contribution in [2.24, 2.45) is 0 Å². The predicted octanol–water partition coefficient (Wildman–Crippen LogP) is 5.87. The summed E-state index contributed by atoms with van der Waals surface area (Å²) in [6.07, 6.45) is 0. The fourth-order valence-electron chi connectivity index (χ4n) is 2.77. The predicted molar refractivity (Wildman–Crippen MR) is 125 cm³/mol. The zero-order chi connectivity index (χ0) is 20.3. The first-order valence-electron chi connectivity index (χ1n) is 8.52. The van der Waals surface area contributed by atoms with Crippen LogP contribution in [0.15, 0.2) is 57.5 Å². The van der Waals surface area contributed by atoms with Crippen LogP contribution in [0.2, 0.25) is 0 Å². The van der Waals surface area contributed by atoms with Crippen LogP contribution in [0.4, 0.5) is 5.69 Å². The van der Waals surface area contributed by atoms with Gasteiger partial charge in [-0.25, -0.2) is 0 Å². The summed E-state index contributed by atoms with van der Waals surface area (Å²) in [5, 5.41) is 7.99. The van der Waals surface area contributed by atoms with E-state index in [1.54, 1.807) is 0 Å². The number of benzene rings is 3. The Morgan fingerprint density at radius 1 is 1.07 bits per heavy atom. The van der Waals surface area contributed by atoms with Gasteiger partial charge in [-0.3, -0.25) is 10.1 Å². The molecule has 0 atom stereocenters. The molecule has 0 fully saturated rings. The zero-order valence-corrected chi connectivity index (χ0v) is 19.3. The molecule has 1 amide bonds. The fourth-order valence-corrected chi connectivity index (χ4v) is 3.98. The Morgan fingerprint density at radius 3 is 2.61 bits per heavy atom. The summed E-state index contributed by atoms with van der Waals surface area (Å²) in [6.45, 7) is 3.87. The number of amides is 1. The average molecular weight is 522 g/mol. The lowest BCUT2D eigenvalue weighted by atomic mass is 10.1. The smallest absolute Gasteiger partial charge is 0.264 e. The number of aryl methyl sites for hydroxylation is 2. The van der Waals surface area contributed by atoms with Gasteiger partial charge in [-0.2, -0.15) is 0 Å². The van der Waals surface area contributed by atoms with E-state index >= 15 is 0 Å². The number of hydrogen-bond donors (Lipinski definition) is 2. The SMILES string of the molecule is Cc1ccc(NC(=S)NC(=O)COc2ccc3cc(Br)ccc3c2Br)c(C)c1. The molecule has 0 aromatic heterocycles. The molecule has 144 valence electrons. The van der Waals surface area contributed by atoms with Gasteiger partial charge in [-0.05, 0) is 82.6 Å². The van der Waals surface area contributed by atoms with Crippen LogP contribution in [0.5, 0.6) is 5.75 Å². The summed E-state index contributed by atoms with van der Waals surface area (Å²) < 4.78 is 7.48. The molecule has 3 aromatic rings. The van der Waals surface area contributed by atoms with E-state index in [9.17, 15) is 4.79 Å². The second kappa shape index (κ2) is 9.03. The molecule has 0 bridgehead atoms. The van der Waals surface area contributed by atoms with Crippen LogP contribution in [-0.2, 0) is 4.79 Å². The maximum absolute atomic E-state index is 12.2. The topological polar surface area (TPSA) is 50.4 Å². The lowest BCUT2D eigenvalue weighted by Gasteiger charge is -2.13. The molecule has 0 saturated heterocycles. The monoisotopic (exact) mass is 520 g/mol. The van der Waals surface area contributed by atoms with Crippen molar-refractivity contribution >= 4 is 71.6 Å². The van der Waals surface area contributed by atoms with Crippen LogP contribution in [0.3, 0.4) is 0 Å². The van der Waals surface area contributed by atoms with Crippen molar-refractivity contribution in [3.05, 3.63) is 68.6 Å². The summed E-state index contributed by atoms with van der Waals surface area (Å²) in [6, 6.07) is 15.7. The molecule has 7 heteroatoms. The van der Waals surface area contributed by atoms with Gasteiger partial charge in [0.1, 0.15) is 5.75 Å². The van der Waals surface area contributed by atoms with Crippen LogP contribution in [0.1, 0.15) is 11.1 Å². The van der Waals surface area contributed by atoms with Crippen molar-refractivity contribution in [1.82, 2.24) is 5.32 Å². The molecule has 3 aromatic carbocycles. The lowest BCUT2D eigenvalue weighted by Crippen LogP contribution is -2.37. The molecule has 0 aliphatic carbocycles. The van der Waals surface area contributed by atoms with E-state index in [-0.39, 0.29) is 17.6 Å². The van der Waals surface area contributed by atoms with Gasteiger partial charge in [0.2, 0.25) is 0 Å². The van der Waals surface area contributed by atoms with Crippen molar-refractivity contribution in [2.45, 2.75) is 13.8 Å². The third-order valence-corrected chi connectivity index (χ3v) is 5.64. The highest BCUT2D eigenvalue weighted by Crippen LogP contribution is 2.34. The van der Waals surface area contributed by atoms with Crippen LogP contribution < -0.4 is 15.4 Å². The molecule has 0 spiro atoms. The number of ether oxygens (including phenoxy) is 1. The first-order chi connectivity index (χ1) is 13.3. The molecule has 2 N–H and O–H groups in total. The molecule has 0 aliphatic rings. The highest BCUT2D eigenvalue weighted by molar-refractivity contribution is 9.11. The number of fused-ring (bicyclic) bond motifs is 1. The van der Waals surface area contributed by atoms with E-state index in [4.69, 9.17) is 17.0 Å². The standard InChI is InChI=1S/C21H18Br2N2O2S/c1-12-3-7-17(13(2)9-12)24-21(28)25-19(26)11-27-18-8-4-14-10-15(22)5-6-16(14)20(18)23/h3-10H,11H2,1-2H3,(H2,24,25,26,28). The molecule has 0 heterocycles. The Labute approximate surface area is 185 Å². The third kappa shape index (κ3) is 5.10. The maximum atomic E-state index is 12.2. The molecule has 3 rings (SSSR count). The summed E-state index contributed by atoms with van der Waals surface area (Å²) in [5.74, 6) is 0.267. The Morgan fingerprint density at radius 2 is 1.86 bits per heavy atom. The Bertz CT molecular complexity index is 1070. The van der Waals surface area contributed by atoms with E-state index < -0.39 is 0 Å². The van der Waals surface area contributed by atoms with Gasteiger partial charge < -0.3 is 10.1 Å². The molecular formula is C21H18Br2N2O2S. The molecule has 0 radical (unpaired) electrons.